The van der Waals surface area contributed by atoms with Crippen LogP contribution in [0.5, 0.6) is 0 Å². The number of nitrogens with zero attached hydrogens (tertiary/aromatic N) is 1. The van der Waals surface area contributed by atoms with Gasteiger partial charge in [-0.25, -0.2) is 10.8 Å². The van der Waals surface area contributed by atoms with Crippen LogP contribution in [0.3, 0.4) is 0 Å². The van der Waals surface area contributed by atoms with Gasteiger partial charge in [-0.2, -0.15) is 13.2 Å². The van der Waals surface area contributed by atoms with Crippen LogP contribution in [0.1, 0.15) is 31.2 Å². The molecule has 1 rings (SSSR count). The normalized spacial score (nSPS) is 11.4. The summed E-state index contributed by atoms with van der Waals surface area (Å²) in [6.45, 7) is 0. The molecule has 1 aromatic heterocycles. The van der Waals surface area contributed by atoms with Gasteiger partial charge >= 0.3 is 6.18 Å². The average Bonchev–Trinajstić information content (AvgIpc) is 2.41. The molecule has 0 radical (unpaired) electrons. The Bertz CT molecular complexity index is 423. The molecule has 4 nitrogen and oxygen atoms in total. The van der Waals surface area contributed by atoms with Crippen LogP contribution in [0.4, 0.5) is 13.2 Å². The molecule has 1 heterocycles. The highest BCUT2D eigenvalue weighted by atomic mass is 32.2. The minimum Gasteiger partial charge on any atom is -0.294 e. The molecule has 0 aliphatic rings. The average molecular weight is 307 g/mol. The first-order chi connectivity index (χ1) is 9.43. The highest BCUT2D eigenvalue weighted by Crippen LogP contribution is 2.29. The lowest BCUT2D eigenvalue weighted by atomic mass is 10.2. The summed E-state index contributed by atoms with van der Waals surface area (Å²) in [4.78, 5) is 14.6. The molecule has 3 N–H and O–H groups in total. The van der Waals surface area contributed by atoms with E-state index < -0.39 is 11.7 Å². The van der Waals surface area contributed by atoms with Crippen LogP contribution in [-0.4, -0.2) is 16.6 Å². The number of pyridine rings is 1. The number of thioether (sulfide) groups is 1. The standard InChI is InChI=1S/C12H16F3N3OS/c13-12(14,15)9-5-6-11(17-8-9)20-7-3-1-2-4-10(19)18-16/h5-6,8H,1-4,7,16H2,(H,18,19). The Morgan fingerprint density at radius 2 is 2.05 bits per heavy atom. The predicted octanol–water partition coefficient (Wildman–Crippen LogP) is 2.74. The van der Waals surface area contributed by atoms with Gasteiger partial charge < -0.3 is 0 Å². The minimum atomic E-state index is -4.35. The third-order valence-corrected chi connectivity index (χ3v) is 3.55. The van der Waals surface area contributed by atoms with E-state index in [4.69, 9.17) is 5.84 Å². The van der Waals surface area contributed by atoms with Gasteiger partial charge in [-0.1, -0.05) is 6.42 Å². The van der Waals surface area contributed by atoms with E-state index in [1.165, 1.54) is 17.8 Å². The van der Waals surface area contributed by atoms with Gasteiger partial charge in [-0.3, -0.25) is 10.2 Å². The minimum absolute atomic E-state index is 0.193. The molecule has 0 spiro atoms. The van der Waals surface area contributed by atoms with Crippen LogP contribution in [-0.2, 0) is 11.0 Å². The highest BCUT2D eigenvalue weighted by Gasteiger charge is 2.30. The van der Waals surface area contributed by atoms with Crippen molar-refractivity contribution in [3.63, 3.8) is 0 Å². The van der Waals surface area contributed by atoms with Gasteiger partial charge in [-0.15, -0.1) is 11.8 Å². The quantitative estimate of drug-likeness (QED) is 0.267. The van der Waals surface area contributed by atoms with E-state index in [0.717, 1.165) is 37.3 Å². The van der Waals surface area contributed by atoms with Crippen molar-refractivity contribution >= 4 is 17.7 Å². The summed E-state index contributed by atoms with van der Waals surface area (Å²) in [5.74, 6) is 5.50. The van der Waals surface area contributed by atoms with Crippen LogP contribution >= 0.6 is 11.8 Å². The zero-order chi connectivity index (χ0) is 15.0. The SMILES string of the molecule is NNC(=O)CCCCCSc1ccc(C(F)(F)F)cn1. The lowest BCUT2D eigenvalue weighted by Crippen LogP contribution is -2.29. The zero-order valence-corrected chi connectivity index (χ0v) is 11.6. The maximum Gasteiger partial charge on any atom is 0.417 e. The summed E-state index contributed by atoms with van der Waals surface area (Å²) < 4.78 is 37.0. The van der Waals surface area contributed by atoms with Gasteiger partial charge in [0.25, 0.3) is 0 Å². The molecule has 0 fully saturated rings. The number of halogens is 3. The van der Waals surface area contributed by atoms with Crippen molar-refractivity contribution in [2.75, 3.05) is 5.75 Å². The third-order valence-electron chi connectivity index (χ3n) is 2.52. The van der Waals surface area contributed by atoms with E-state index in [1.807, 2.05) is 0 Å². The number of alkyl halides is 3. The first kappa shape index (κ1) is 16.8. The van der Waals surface area contributed by atoms with E-state index in [0.29, 0.717) is 11.4 Å². The Labute approximate surface area is 119 Å². The Balaban J connectivity index is 2.21. The second-order valence-electron chi connectivity index (χ2n) is 4.11. The molecule has 0 aliphatic heterocycles. The fourth-order valence-electron chi connectivity index (χ4n) is 1.45. The van der Waals surface area contributed by atoms with Crippen molar-refractivity contribution in [1.29, 1.82) is 0 Å². The first-order valence-electron chi connectivity index (χ1n) is 6.09. The van der Waals surface area contributed by atoms with Crippen LogP contribution in [0.25, 0.3) is 0 Å². The number of aromatic nitrogens is 1. The second-order valence-corrected chi connectivity index (χ2v) is 5.22. The molecular weight excluding hydrogens is 291 g/mol. The van der Waals surface area contributed by atoms with Crippen molar-refractivity contribution in [3.8, 4) is 0 Å². The summed E-state index contributed by atoms with van der Waals surface area (Å²) in [6, 6.07) is 2.40. The predicted molar refractivity (Wildman–Crippen MR) is 70.8 cm³/mol. The van der Waals surface area contributed by atoms with Gasteiger partial charge in [0.2, 0.25) is 5.91 Å². The molecular formula is C12H16F3N3OS. The molecule has 112 valence electrons. The number of nitrogens with one attached hydrogen (secondary N) is 1. The molecule has 0 atom stereocenters. The van der Waals surface area contributed by atoms with Gasteiger partial charge in [0.05, 0.1) is 10.6 Å². The topological polar surface area (TPSA) is 68.0 Å². The third kappa shape index (κ3) is 6.25. The summed E-state index contributed by atoms with van der Waals surface area (Å²) in [5.41, 5.74) is 1.31. The van der Waals surface area contributed by atoms with Crippen LogP contribution in [0, 0.1) is 0 Å². The molecule has 0 unspecified atom stereocenters. The maximum absolute atomic E-state index is 12.3. The Morgan fingerprint density at radius 3 is 2.60 bits per heavy atom. The highest BCUT2D eigenvalue weighted by molar-refractivity contribution is 7.99. The number of carbonyl (C=O) groups excluding carboxylic acids is 1. The maximum atomic E-state index is 12.3. The fraction of sp³-hybridized carbons (Fsp3) is 0.500. The van der Waals surface area contributed by atoms with Gasteiger partial charge in [-0.05, 0) is 30.7 Å². The Morgan fingerprint density at radius 1 is 1.30 bits per heavy atom. The molecule has 0 bridgehead atoms. The van der Waals surface area contributed by atoms with Gasteiger partial charge in [0.1, 0.15) is 0 Å². The van der Waals surface area contributed by atoms with E-state index in [9.17, 15) is 18.0 Å². The van der Waals surface area contributed by atoms with Crippen molar-refractivity contribution < 1.29 is 18.0 Å². The number of amides is 1. The number of carbonyl (C=O) groups is 1. The second kappa shape index (κ2) is 8.11. The molecule has 0 saturated heterocycles. The summed E-state index contributed by atoms with van der Waals surface area (Å²) in [7, 11) is 0. The Kier molecular flexibility index (Phi) is 6.80. The van der Waals surface area contributed by atoms with Gasteiger partial charge in [0, 0.05) is 12.6 Å². The molecule has 1 amide bonds. The number of hydrogen-bond donors (Lipinski definition) is 2. The summed E-state index contributed by atoms with van der Waals surface area (Å²) in [6.07, 6.45) is -0.649. The molecule has 1 aromatic rings. The van der Waals surface area contributed by atoms with Crippen LogP contribution < -0.4 is 11.3 Å². The smallest absolute Gasteiger partial charge is 0.294 e. The monoisotopic (exact) mass is 307 g/mol. The van der Waals surface area contributed by atoms with E-state index in [2.05, 4.69) is 10.4 Å². The van der Waals surface area contributed by atoms with E-state index >= 15 is 0 Å². The molecule has 20 heavy (non-hydrogen) atoms. The number of nitrogens with two attached hydrogens (primary N) is 1. The number of hydrogen-bond acceptors (Lipinski definition) is 4. The van der Waals surface area contributed by atoms with Crippen molar-refractivity contribution in [1.82, 2.24) is 10.4 Å². The Hall–Kier alpha value is -1.28. The lowest BCUT2D eigenvalue weighted by Gasteiger charge is -2.06. The van der Waals surface area contributed by atoms with E-state index in [1.54, 1.807) is 0 Å². The summed E-state index contributed by atoms with van der Waals surface area (Å²) in [5, 5.41) is 0.567. The molecule has 0 saturated carbocycles. The largest absolute Gasteiger partial charge is 0.417 e. The molecule has 8 heteroatoms. The zero-order valence-electron chi connectivity index (χ0n) is 10.7. The van der Waals surface area contributed by atoms with Crippen LogP contribution in [0.2, 0.25) is 0 Å². The van der Waals surface area contributed by atoms with Crippen molar-refractivity contribution in [3.05, 3.63) is 23.9 Å². The molecule has 0 aromatic carbocycles. The van der Waals surface area contributed by atoms with Crippen LogP contribution in [0.15, 0.2) is 23.4 Å². The van der Waals surface area contributed by atoms with Crippen molar-refractivity contribution in [2.24, 2.45) is 5.84 Å². The molecule has 0 aliphatic carbocycles. The number of unbranched alkanes of at least 4 members (excludes halogenated alkanes) is 2. The van der Waals surface area contributed by atoms with Crippen molar-refractivity contribution in [2.45, 2.75) is 36.9 Å². The number of rotatable bonds is 7. The van der Waals surface area contributed by atoms with E-state index in [-0.39, 0.29) is 5.91 Å². The fourth-order valence-corrected chi connectivity index (χ4v) is 2.30. The summed E-state index contributed by atoms with van der Waals surface area (Å²) >= 11 is 1.40. The first-order valence-corrected chi connectivity index (χ1v) is 7.07. The number of hydrazine groups is 1. The van der Waals surface area contributed by atoms with Gasteiger partial charge in [0.15, 0.2) is 0 Å². The lowest BCUT2D eigenvalue weighted by molar-refractivity contribution is -0.137.